The van der Waals surface area contributed by atoms with Crippen LogP contribution in [0.1, 0.15) is 38.7 Å². The van der Waals surface area contributed by atoms with Crippen LogP contribution in [0.5, 0.6) is 23.0 Å². The number of carbonyl (C=O) groups excluding carboxylic acids is 1. The van der Waals surface area contributed by atoms with E-state index in [1.807, 2.05) is 77.7 Å². The molecule has 0 N–H and O–H groups in total. The van der Waals surface area contributed by atoms with Gasteiger partial charge in [-0.1, -0.05) is 42.1 Å². The zero-order valence-corrected chi connectivity index (χ0v) is 24.9. The van der Waals surface area contributed by atoms with E-state index < -0.39 is 0 Å². The summed E-state index contributed by atoms with van der Waals surface area (Å²) in [5.41, 5.74) is 4.30. The summed E-state index contributed by atoms with van der Waals surface area (Å²) in [4.78, 5) is 18.0. The van der Waals surface area contributed by atoms with Gasteiger partial charge in [0.05, 0.1) is 45.6 Å². The molecule has 4 aromatic rings. The fourth-order valence-electron chi connectivity index (χ4n) is 5.38. The molecule has 0 aromatic heterocycles. The molecule has 1 aliphatic rings. The summed E-state index contributed by atoms with van der Waals surface area (Å²) in [5.74, 6) is 2.49. The predicted octanol–water partition coefficient (Wildman–Crippen LogP) is 6.73. The number of amides is 1. The van der Waals surface area contributed by atoms with Gasteiger partial charge in [0, 0.05) is 16.3 Å². The highest BCUT2D eigenvalue weighted by Gasteiger charge is 2.34. The molecule has 0 bridgehead atoms. The molecule has 0 unspecified atom stereocenters. The van der Waals surface area contributed by atoms with Gasteiger partial charge in [-0.05, 0) is 78.1 Å². The maximum Gasteiger partial charge on any atom is 0.255 e. The average Bonchev–Trinajstić information content (AvgIpc) is 3.04. The van der Waals surface area contributed by atoms with E-state index in [9.17, 15) is 10.1 Å². The Bertz CT molecular complexity index is 1650. The topological polar surface area (TPSA) is 81.0 Å². The number of carbonyl (C=O) groups is 1. The summed E-state index contributed by atoms with van der Waals surface area (Å²) in [5, 5.41) is 9.62. The lowest BCUT2D eigenvalue weighted by Gasteiger charge is -2.38. The van der Waals surface area contributed by atoms with Crippen LogP contribution in [0.25, 0.3) is 0 Å². The number of nitriles is 1. The van der Waals surface area contributed by atoms with Crippen LogP contribution in [0, 0.1) is 11.3 Å². The van der Waals surface area contributed by atoms with Gasteiger partial charge in [-0.3, -0.25) is 4.79 Å². The van der Waals surface area contributed by atoms with Gasteiger partial charge in [0.1, 0.15) is 6.07 Å². The number of hydrogen-bond donors (Lipinski definition) is 0. The first-order chi connectivity index (χ1) is 20.5. The van der Waals surface area contributed by atoms with Gasteiger partial charge >= 0.3 is 0 Å². The zero-order chi connectivity index (χ0) is 29.6. The van der Waals surface area contributed by atoms with Crippen molar-refractivity contribution < 1.29 is 23.7 Å². The van der Waals surface area contributed by atoms with Crippen LogP contribution in [-0.2, 0) is 12.8 Å². The summed E-state index contributed by atoms with van der Waals surface area (Å²) < 4.78 is 22.3. The highest BCUT2D eigenvalue weighted by Crippen LogP contribution is 2.42. The molecule has 0 spiro atoms. The smallest absolute Gasteiger partial charge is 0.255 e. The van der Waals surface area contributed by atoms with Crippen molar-refractivity contribution in [2.24, 2.45) is 0 Å². The van der Waals surface area contributed by atoms with E-state index in [2.05, 4.69) is 6.07 Å². The van der Waals surface area contributed by atoms with Crippen LogP contribution >= 0.6 is 11.8 Å². The minimum atomic E-state index is -0.274. The van der Waals surface area contributed by atoms with Crippen molar-refractivity contribution in [3.63, 3.8) is 0 Å². The minimum Gasteiger partial charge on any atom is -0.493 e. The summed E-state index contributed by atoms with van der Waals surface area (Å²) >= 11 is 1.43. The van der Waals surface area contributed by atoms with Crippen molar-refractivity contribution >= 4 is 17.7 Å². The zero-order valence-electron chi connectivity index (χ0n) is 24.0. The second-order valence-corrected chi connectivity index (χ2v) is 10.9. The first kappa shape index (κ1) is 28.9. The first-order valence-electron chi connectivity index (χ1n) is 13.5. The van der Waals surface area contributed by atoms with E-state index in [0.717, 1.165) is 26.5 Å². The molecule has 7 nitrogen and oxygen atoms in total. The molecule has 42 heavy (non-hydrogen) atoms. The Kier molecular flexibility index (Phi) is 8.89. The lowest BCUT2D eigenvalue weighted by Crippen LogP contribution is -2.41. The molecule has 0 saturated carbocycles. The second kappa shape index (κ2) is 12.9. The lowest BCUT2D eigenvalue weighted by molar-refractivity contribution is 0.0656. The molecule has 5 rings (SSSR count). The van der Waals surface area contributed by atoms with E-state index in [-0.39, 0.29) is 11.9 Å². The van der Waals surface area contributed by atoms with Crippen molar-refractivity contribution in [1.29, 1.82) is 5.26 Å². The molecule has 4 aromatic carbocycles. The highest BCUT2D eigenvalue weighted by atomic mass is 32.2. The monoisotopic (exact) mass is 580 g/mol. The fourth-order valence-corrected chi connectivity index (χ4v) is 6.39. The van der Waals surface area contributed by atoms with Crippen LogP contribution in [-0.4, -0.2) is 45.8 Å². The van der Waals surface area contributed by atoms with Crippen LogP contribution in [0.4, 0.5) is 0 Å². The van der Waals surface area contributed by atoms with Crippen LogP contribution in [0.2, 0.25) is 0 Å². The van der Waals surface area contributed by atoms with Crippen LogP contribution in [0.15, 0.2) is 88.7 Å². The first-order valence-corrected chi connectivity index (χ1v) is 14.4. The molecule has 0 aliphatic carbocycles. The predicted molar refractivity (Wildman–Crippen MR) is 162 cm³/mol. The SMILES string of the molecule is COc1ccc(C[C@@H]2c3cc(OC)c(OC)cc3CCN2C(=O)c2ccccc2Sc2ccccc2C#N)cc1OC. The standard InChI is InChI=1S/C34H32N2O5S/c1-38-28-14-13-22(18-29(28)39-2)17-27-26-20-31(41-4)30(40-3)19-23(26)15-16-36(27)34(37)25-10-6-8-12-33(25)42-32-11-7-5-9-24(32)21-35/h5-14,18-20,27H,15-17H2,1-4H3/t27-/m1/s1. The Labute approximate surface area is 250 Å². The molecule has 1 aliphatic heterocycles. The third kappa shape index (κ3) is 5.74. The Morgan fingerprint density at radius 1 is 0.833 bits per heavy atom. The maximum atomic E-state index is 14.4. The van der Waals surface area contributed by atoms with Crippen molar-refractivity contribution in [3.8, 4) is 29.1 Å². The Balaban J connectivity index is 1.57. The molecule has 8 heteroatoms. The Morgan fingerprint density at radius 2 is 1.48 bits per heavy atom. The molecular formula is C34H32N2O5S. The third-order valence-electron chi connectivity index (χ3n) is 7.49. The molecule has 1 atom stereocenters. The van der Waals surface area contributed by atoms with Gasteiger partial charge in [0.15, 0.2) is 23.0 Å². The summed E-state index contributed by atoms with van der Waals surface area (Å²) in [6.07, 6.45) is 1.23. The average molecular weight is 581 g/mol. The maximum absolute atomic E-state index is 14.4. The molecule has 1 heterocycles. The lowest BCUT2D eigenvalue weighted by atomic mass is 9.87. The number of hydrogen-bond acceptors (Lipinski definition) is 7. The summed E-state index contributed by atoms with van der Waals surface area (Å²) in [7, 11) is 6.47. The van der Waals surface area contributed by atoms with Crippen molar-refractivity contribution in [2.45, 2.75) is 28.7 Å². The van der Waals surface area contributed by atoms with Crippen LogP contribution in [0.3, 0.4) is 0 Å². The second-order valence-electron chi connectivity index (χ2n) is 9.77. The fraction of sp³-hybridized carbons (Fsp3) is 0.235. The number of ether oxygens (including phenoxy) is 4. The number of benzene rings is 4. The Morgan fingerprint density at radius 3 is 2.19 bits per heavy atom. The molecule has 0 saturated heterocycles. The normalized spacial score (nSPS) is 14.0. The number of rotatable bonds is 9. The number of nitrogens with zero attached hydrogens (tertiary/aromatic N) is 2. The highest BCUT2D eigenvalue weighted by molar-refractivity contribution is 7.99. The van der Waals surface area contributed by atoms with E-state index >= 15 is 0 Å². The van der Waals surface area contributed by atoms with Gasteiger partial charge in [-0.25, -0.2) is 0 Å². The van der Waals surface area contributed by atoms with Gasteiger partial charge in [-0.2, -0.15) is 5.26 Å². The molecular weight excluding hydrogens is 548 g/mol. The minimum absolute atomic E-state index is 0.0709. The summed E-state index contributed by atoms with van der Waals surface area (Å²) in [6, 6.07) is 26.8. The number of fused-ring (bicyclic) bond motifs is 1. The van der Waals surface area contributed by atoms with Gasteiger partial charge in [0.25, 0.3) is 5.91 Å². The molecule has 1 amide bonds. The van der Waals surface area contributed by atoms with E-state index in [0.29, 0.717) is 53.5 Å². The molecule has 0 fully saturated rings. The third-order valence-corrected chi connectivity index (χ3v) is 8.64. The Hall–Kier alpha value is -4.61. The van der Waals surface area contributed by atoms with Crippen molar-refractivity contribution in [3.05, 3.63) is 107 Å². The molecule has 0 radical (unpaired) electrons. The van der Waals surface area contributed by atoms with E-state index in [4.69, 9.17) is 18.9 Å². The largest absolute Gasteiger partial charge is 0.493 e. The van der Waals surface area contributed by atoms with Gasteiger partial charge in [-0.15, -0.1) is 0 Å². The van der Waals surface area contributed by atoms with Crippen molar-refractivity contribution in [1.82, 2.24) is 4.90 Å². The number of methoxy groups -OCH3 is 4. The van der Waals surface area contributed by atoms with Crippen molar-refractivity contribution in [2.75, 3.05) is 35.0 Å². The van der Waals surface area contributed by atoms with Gasteiger partial charge < -0.3 is 23.8 Å². The summed E-state index contributed by atoms with van der Waals surface area (Å²) in [6.45, 7) is 0.535. The van der Waals surface area contributed by atoms with E-state index in [1.165, 1.54) is 11.8 Å². The quantitative estimate of drug-likeness (QED) is 0.217. The van der Waals surface area contributed by atoms with Gasteiger partial charge in [0.2, 0.25) is 0 Å². The molecule has 214 valence electrons. The van der Waals surface area contributed by atoms with E-state index in [1.54, 1.807) is 34.5 Å². The van der Waals surface area contributed by atoms with Crippen LogP contribution < -0.4 is 18.9 Å².